The van der Waals surface area contributed by atoms with Crippen LogP contribution in [0.5, 0.6) is 0 Å². The van der Waals surface area contributed by atoms with Crippen LogP contribution >= 0.6 is 68.3 Å². The minimum Gasteiger partial charge on any atom is -0.399 e. The number of thiophene rings is 3. The molecule has 0 aliphatic carbocycles. The average molecular weight is 1910 g/mol. The number of nitrogen functional groups attached to an aromatic ring is 13. The summed E-state index contributed by atoms with van der Waals surface area (Å²) in [7, 11) is 0. The Morgan fingerprint density at radius 2 is 0.826 bits per heavy atom. The minimum atomic E-state index is -0.461. The maximum absolute atomic E-state index is 12.5. The smallest absolute Gasteiger partial charge is 0.219 e. The fourth-order valence-electron chi connectivity index (χ4n) is 8.49. The molecule has 0 spiro atoms. The molecule has 132 heavy (non-hydrogen) atoms. The monoisotopic (exact) mass is 1900 g/mol. The second-order valence-corrected chi connectivity index (χ2v) is 34.7. The number of nitrogens with two attached hydrogens (primary N) is 13. The molecule has 17 aromatic rings. The largest absolute Gasteiger partial charge is 0.399 e. The van der Waals surface area contributed by atoms with Crippen molar-refractivity contribution in [3.8, 4) is 0 Å². The van der Waals surface area contributed by atoms with Gasteiger partial charge in [0.25, 0.3) is 0 Å². The molecule has 0 saturated heterocycles. The summed E-state index contributed by atoms with van der Waals surface area (Å²) < 4.78 is 37.2. The standard InChI is InChI=1S/C8H10.C7H8FN.2C7H9N.C7H8.C6H5ClFN.C6H7FN2.C6H9N3.2C6H8N2.2C5H7N3.2C5H7NS.C5H6S.C4H6N2S.C4H5NS/c1-7-4-3-5-8(2)6-7;1-5-2-3-7(9)6(8)4-5;1-6-2-4-7(8)5-3-6;1-6-4-2-3-5-7(6)8;1-7-5-3-2-4-6-7;1-4-2-5(8)6(7)9-3-4;1-4-2-5(7)6(8)9-3-4;1-4-2-3-5(7)9-6(4)8;1-5-2-3-6(7)8-4-5;1-5-3-2-4-8-6(5)7;1-4-2-7-5(6)8-3-4;1-4-2-3-5(6)8-7-4;1-4-2-5(6)3-7-4;1-4-2-3-5(6)7-4;1-5-3-2-4-6-5;1-3-6-2-4(5)7-3;1-4-5-2-3-6-4/h3-6H,1-2H3;2-4H,9H2,1H3;2*2-5H,8H2,1H3;2-6H,1H3;2-3H,1H3;2-3H,1H3,(H2,8,9);2-3H,1H3,(H4,7,8,9);2*2-4H,1H3,(H2,7,8);2-3H,1H3,(H2,6,7,8);2-3H,1H3,(H2,6,8);2*2-3H,6H2,1H3;2-4H,1H3;2H,5H2,1H3;2-3H,1H3. The molecule has 0 amide bonds. The van der Waals surface area contributed by atoms with Crippen molar-refractivity contribution in [2.45, 2.75) is 125 Å². The second kappa shape index (κ2) is 67.1. The highest BCUT2D eigenvalue weighted by atomic mass is 35.5. The number of pyridine rings is 5. The van der Waals surface area contributed by atoms with Crippen LogP contribution in [0.25, 0.3) is 0 Å². The lowest BCUT2D eigenvalue weighted by Crippen LogP contribution is -1.97. The van der Waals surface area contributed by atoms with Gasteiger partial charge in [-0.15, -0.1) is 61.8 Å². The summed E-state index contributed by atoms with van der Waals surface area (Å²) in [4.78, 5) is 38.0. The number of rotatable bonds is 0. The number of aryl methyl sites for hydroxylation is 18. The summed E-state index contributed by atoms with van der Waals surface area (Å²) >= 11 is 13.5. The second-order valence-electron chi connectivity index (χ2n) is 28.4. The van der Waals surface area contributed by atoms with Gasteiger partial charge in [0.05, 0.1) is 32.6 Å². The maximum atomic E-state index is 12.5. The fourth-order valence-corrected chi connectivity index (χ4v) is 11.4. The Balaban J connectivity index is 0.000000702. The molecule has 0 radical (unpaired) electrons. The molecule has 700 valence electrons. The van der Waals surface area contributed by atoms with E-state index in [1.807, 2.05) is 209 Å². The third kappa shape index (κ3) is 60.6. The molecule has 24 nitrogen and oxygen atoms in total. The lowest BCUT2D eigenvalue weighted by molar-refractivity contribution is 0.620. The predicted molar refractivity (Wildman–Crippen MR) is 562 cm³/mol. The molecule has 12 heterocycles. The molecular formula is C99H126ClF3N24S5. The van der Waals surface area contributed by atoms with Crippen LogP contribution in [0.1, 0.15) is 97.1 Å². The number of benzene rings is 5. The lowest BCUT2D eigenvalue weighted by atomic mass is 10.2. The van der Waals surface area contributed by atoms with E-state index in [0.29, 0.717) is 35.0 Å². The highest BCUT2D eigenvalue weighted by Crippen LogP contribution is 2.18. The molecule has 0 bridgehead atoms. The van der Waals surface area contributed by atoms with E-state index in [0.717, 1.165) is 87.3 Å². The zero-order valence-corrected chi connectivity index (χ0v) is 82.9. The quantitative estimate of drug-likeness (QED) is 0.0495. The summed E-state index contributed by atoms with van der Waals surface area (Å²) in [6.07, 6.45) is 13.3. The molecule has 0 fully saturated rings. The third-order valence-corrected chi connectivity index (χ3v) is 19.8. The van der Waals surface area contributed by atoms with Gasteiger partial charge in [-0.2, -0.15) is 5.10 Å². The van der Waals surface area contributed by atoms with Crippen molar-refractivity contribution >= 4 is 142 Å². The molecule has 17 rings (SSSR count). The highest BCUT2D eigenvalue weighted by molar-refractivity contribution is 7.16. The van der Waals surface area contributed by atoms with Gasteiger partial charge in [0.1, 0.15) is 39.9 Å². The summed E-state index contributed by atoms with van der Waals surface area (Å²) in [6.45, 7) is 35.4. The molecule has 0 aliphatic heterocycles. The summed E-state index contributed by atoms with van der Waals surface area (Å²) in [5.41, 5.74) is 86.0. The number of hydrogen-bond donors (Lipinski definition) is 13. The van der Waals surface area contributed by atoms with Crippen molar-refractivity contribution in [1.29, 1.82) is 0 Å². The Morgan fingerprint density at radius 1 is 0.280 bits per heavy atom. The van der Waals surface area contributed by atoms with E-state index in [1.165, 1.54) is 78.8 Å². The van der Waals surface area contributed by atoms with Gasteiger partial charge >= 0.3 is 0 Å². The SMILES string of the molecule is Cc1cc(N)cs1.Cc1ccc(N)c(F)c1.Cc1ccc(N)cc1.Cc1ccc(N)nc1.Cc1ccc(N)nc1N.Cc1ccc(N)nn1.Cc1ccc(N)s1.Cc1cccc(C)c1.Cc1ccccc1.Cc1ccccc1N.Cc1cccnc1N.Cc1cccs1.Cc1cnc(Cl)c(F)c1.Cc1cnc(N)c(F)c1.Cc1cnc(N)nc1.Cc1ncc(N)s1.Cc1nccs1. The minimum absolute atomic E-state index is 0.0411. The van der Waals surface area contributed by atoms with Crippen LogP contribution in [0.3, 0.4) is 0 Å². The number of para-hydroxylation sites is 1. The number of nitrogens with zero attached hydrogens (tertiary/aromatic N) is 11. The van der Waals surface area contributed by atoms with E-state index in [1.54, 1.807) is 127 Å². The highest BCUT2D eigenvalue weighted by Gasteiger charge is 2.00. The van der Waals surface area contributed by atoms with Crippen molar-refractivity contribution in [2.24, 2.45) is 0 Å². The van der Waals surface area contributed by atoms with E-state index >= 15 is 0 Å². The normalized spacial score (nSPS) is 9.23. The zero-order chi connectivity index (χ0) is 99.0. The molecule has 0 aliphatic rings. The van der Waals surface area contributed by atoms with Crippen LogP contribution in [-0.2, 0) is 0 Å². The Morgan fingerprint density at radius 3 is 1.14 bits per heavy atom. The van der Waals surface area contributed by atoms with E-state index in [2.05, 4.69) is 137 Å². The molecule has 0 unspecified atom stereocenters. The van der Waals surface area contributed by atoms with Crippen molar-refractivity contribution in [1.82, 2.24) is 55.1 Å². The van der Waals surface area contributed by atoms with Crippen LogP contribution in [0.2, 0.25) is 5.15 Å². The fraction of sp³-hybridized carbons (Fsp3) is 0.182. The Kier molecular flexibility index (Phi) is 58.9. The topological polar surface area (TPSA) is 480 Å². The molecular weight excluding hydrogens is 1780 g/mol. The van der Waals surface area contributed by atoms with Crippen LogP contribution in [0.4, 0.5) is 86.8 Å². The van der Waals surface area contributed by atoms with Crippen molar-refractivity contribution in [3.63, 3.8) is 0 Å². The summed E-state index contributed by atoms with van der Waals surface area (Å²) in [6, 6.07) is 66.4. The van der Waals surface area contributed by atoms with Gasteiger partial charge in [0, 0.05) is 85.8 Å². The van der Waals surface area contributed by atoms with Gasteiger partial charge in [-0.1, -0.05) is 149 Å². The number of aromatic nitrogens is 11. The third-order valence-electron chi connectivity index (χ3n) is 15.6. The van der Waals surface area contributed by atoms with Crippen molar-refractivity contribution < 1.29 is 13.2 Å². The Bertz CT molecular complexity index is 5150. The summed E-state index contributed by atoms with van der Waals surface area (Å²) in [5.74, 6) is 1.68. The first kappa shape index (κ1) is 116. The van der Waals surface area contributed by atoms with Gasteiger partial charge in [-0.3, -0.25) is 4.98 Å². The lowest BCUT2D eigenvalue weighted by Gasteiger charge is -1.97. The average Bonchev–Trinajstić information content (AvgIpc) is 1.07. The van der Waals surface area contributed by atoms with Crippen molar-refractivity contribution in [3.05, 3.63) is 398 Å². The number of thiazole rings is 2. The van der Waals surface area contributed by atoms with Gasteiger partial charge < -0.3 is 74.5 Å². The summed E-state index contributed by atoms with van der Waals surface area (Å²) in [5, 5.41) is 17.1. The number of anilines is 13. The van der Waals surface area contributed by atoms with Crippen LogP contribution in [0.15, 0.2) is 278 Å². The van der Waals surface area contributed by atoms with E-state index in [4.69, 9.17) is 86.1 Å². The Labute approximate surface area is 801 Å². The molecule has 0 atom stereocenters. The first-order valence-corrected chi connectivity index (χ1v) is 45.0. The van der Waals surface area contributed by atoms with E-state index < -0.39 is 11.6 Å². The first-order valence-electron chi connectivity index (χ1n) is 40.4. The maximum Gasteiger partial charge on any atom is 0.219 e. The van der Waals surface area contributed by atoms with Gasteiger partial charge in [-0.05, 0) is 272 Å². The first-order chi connectivity index (χ1) is 62.4. The molecule has 33 heteroatoms. The predicted octanol–water partition coefficient (Wildman–Crippen LogP) is 23.5. The van der Waals surface area contributed by atoms with Gasteiger partial charge in [-0.25, -0.2) is 53.0 Å². The van der Waals surface area contributed by atoms with E-state index in [-0.39, 0.29) is 22.5 Å². The van der Waals surface area contributed by atoms with Crippen LogP contribution in [-0.4, -0.2) is 55.1 Å². The van der Waals surface area contributed by atoms with E-state index in [9.17, 15) is 13.2 Å². The number of hydrogen-bond acceptors (Lipinski definition) is 29. The molecule has 12 aromatic heterocycles. The van der Waals surface area contributed by atoms with Gasteiger partial charge in [0.15, 0.2) is 22.6 Å². The van der Waals surface area contributed by atoms with Crippen LogP contribution in [0, 0.1) is 142 Å². The molecule has 0 saturated carbocycles. The molecule has 26 N–H and O–H groups in total. The zero-order valence-electron chi connectivity index (χ0n) is 78.0. The van der Waals surface area contributed by atoms with Crippen LogP contribution < -0.4 is 74.5 Å². The molecule has 5 aromatic carbocycles. The Hall–Kier alpha value is -14.2. The van der Waals surface area contributed by atoms with Crippen molar-refractivity contribution in [2.75, 3.05) is 74.5 Å². The van der Waals surface area contributed by atoms with Gasteiger partial charge in [0.2, 0.25) is 5.95 Å². The number of halogens is 4.